The molecule has 5 N–H and O–H groups in total. The molecule has 0 fully saturated rings. The SMILES string of the molecule is CCCC(N)C(=O)Nc1ccc(O)cc1C(=O)O. The Hall–Kier alpha value is -2.08. The van der Waals surface area contributed by atoms with Gasteiger partial charge in [-0.2, -0.15) is 0 Å². The van der Waals surface area contributed by atoms with Gasteiger partial charge >= 0.3 is 5.97 Å². The Balaban J connectivity index is 2.90. The highest BCUT2D eigenvalue weighted by atomic mass is 16.4. The van der Waals surface area contributed by atoms with E-state index in [4.69, 9.17) is 10.8 Å². The van der Waals surface area contributed by atoms with Crippen LogP contribution >= 0.6 is 0 Å². The summed E-state index contributed by atoms with van der Waals surface area (Å²) in [6.07, 6.45) is 1.28. The lowest BCUT2D eigenvalue weighted by Gasteiger charge is -2.13. The van der Waals surface area contributed by atoms with E-state index in [1.165, 1.54) is 12.1 Å². The number of rotatable bonds is 5. The average Bonchev–Trinajstić information content (AvgIpc) is 2.31. The number of carboxylic acid groups (broad SMARTS) is 1. The maximum absolute atomic E-state index is 11.7. The molecule has 6 heteroatoms. The number of hydrogen-bond acceptors (Lipinski definition) is 4. The molecule has 0 aliphatic rings. The van der Waals surface area contributed by atoms with E-state index in [1.807, 2.05) is 6.92 Å². The molecule has 0 aliphatic carbocycles. The first kappa shape index (κ1) is 14.0. The lowest BCUT2D eigenvalue weighted by Crippen LogP contribution is -2.35. The van der Waals surface area contributed by atoms with Crippen LogP contribution in [0.15, 0.2) is 18.2 Å². The van der Waals surface area contributed by atoms with E-state index in [1.54, 1.807) is 0 Å². The van der Waals surface area contributed by atoms with Crippen LogP contribution in [0.4, 0.5) is 5.69 Å². The third-order valence-corrected chi connectivity index (χ3v) is 2.43. The maximum atomic E-state index is 11.7. The number of phenolic OH excluding ortho intramolecular Hbond substituents is 1. The zero-order chi connectivity index (χ0) is 13.7. The maximum Gasteiger partial charge on any atom is 0.337 e. The van der Waals surface area contributed by atoms with Crippen molar-refractivity contribution in [2.24, 2.45) is 5.73 Å². The Kier molecular flexibility index (Phi) is 4.67. The summed E-state index contributed by atoms with van der Waals surface area (Å²) < 4.78 is 0. The van der Waals surface area contributed by atoms with Gasteiger partial charge in [-0.3, -0.25) is 4.79 Å². The summed E-state index contributed by atoms with van der Waals surface area (Å²) in [4.78, 5) is 22.6. The minimum Gasteiger partial charge on any atom is -0.508 e. The van der Waals surface area contributed by atoms with E-state index in [9.17, 15) is 14.7 Å². The first-order valence-electron chi connectivity index (χ1n) is 5.58. The van der Waals surface area contributed by atoms with Crippen LogP contribution in [-0.2, 0) is 4.79 Å². The molecule has 1 unspecified atom stereocenters. The van der Waals surface area contributed by atoms with Crippen molar-refractivity contribution in [3.63, 3.8) is 0 Å². The Labute approximate surface area is 104 Å². The highest BCUT2D eigenvalue weighted by molar-refractivity contribution is 6.02. The van der Waals surface area contributed by atoms with Gasteiger partial charge in [0.15, 0.2) is 0 Å². The number of nitrogens with two attached hydrogens (primary N) is 1. The molecule has 0 saturated heterocycles. The fraction of sp³-hybridized carbons (Fsp3) is 0.333. The van der Waals surface area contributed by atoms with E-state index in [2.05, 4.69) is 5.32 Å². The summed E-state index contributed by atoms with van der Waals surface area (Å²) in [6.45, 7) is 1.90. The molecule has 0 aliphatic heterocycles. The summed E-state index contributed by atoms with van der Waals surface area (Å²) in [5, 5.41) is 20.6. The van der Waals surface area contributed by atoms with Crippen LogP contribution in [0.25, 0.3) is 0 Å². The number of carboxylic acids is 1. The summed E-state index contributed by atoms with van der Waals surface area (Å²) in [7, 11) is 0. The molecule has 1 aromatic carbocycles. The minimum atomic E-state index is -1.23. The predicted octanol–water partition coefficient (Wildman–Crippen LogP) is 1.16. The van der Waals surface area contributed by atoms with Crippen molar-refractivity contribution in [2.75, 3.05) is 5.32 Å². The Morgan fingerprint density at radius 3 is 2.67 bits per heavy atom. The molecule has 0 radical (unpaired) electrons. The zero-order valence-corrected chi connectivity index (χ0v) is 10.0. The van der Waals surface area contributed by atoms with Gasteiger partial charge in [-0.25, -0.2) is 4.79 Å². The average molecular weight is 252 g/mol. The smallest absolute Gasteiger partial charge is 0.337 e. The second-order valence-electron chi connectivity index (χ2n) is 3.92. The highest BCUT2D eigenvalue weighted by Crippen LogP contribution is 2.21. The normalized spacial score (nSPS) is 11.9. The number of carbonyl (C=O) groups excluding carboxylic acids is 1. The fourth-order valence-corrected chi connectivity index (χ4v) is 1.49. The van der Waals surface area contributed by atoms with Gasteiger partial charge in [-0.05, 0) is 24.6 Å². The molecular formula is C12H16N2O4. The molecular weight excluding hydrogens is 236 g/mol. The fourth-order valence-electron chi connectivity index (χ4n) is 1.49. The molecule has 1 rings (SSSR count). The molecule has 6 nitrogen and oxygen atoms in total. The number of amides is 1. The van der Waals surface area contributed by atoms with E-state index >= 15 is 0 Å². The van der Waals surface area contributed by atoms with E-state index in [0.29, 0.717) is 6.42 Å². The first-order valence-corrected chi connectivity index (χ1v) is 5.58. The van der Waals surface area contributed by atoms with Crippen LogP contribution in [0.2, 0.25) is 0 Å². The molecule has 1 atom stereocenters. The van der Waals surface area contributed by atoms with Crippen molar-refractivity contribution in [3.8, 4) is 5.75 Å². The second kappa shape index (κ2) is 6.02. The lowest BCUT2D eigenvalue weighted by atomic mass is 10.1. The summed E-state index contributed by atoms with van der Waals surface area (Å²) in [5.74, 6) is -1.85. The van der Waals surface area contributed by atoms with Gasteiger partial charge in [-0.15, -0.1) is 0 Å². The Bertz CT molecular complexity index is 459. The minimum absolute atomic E-state index is 0.122. The number of carbonyl (C=O) groups is 2. The quantitative estimate of drug-likeness (QED) is 0.587. The predicted molar refractivity (Wildman–Crippen MR) is 66.6 cm³/mol. The number of phenols is 1. The molecule has 1 amide bonds. The molecule has 98 valence electrons. The van der Waals surface area contributed by atoms with Crippen molar-refractivity contribution in [2.45, 2.75) is 25.8 Å². The molecule has 0 heterocycles. The van der Waals surface area contributed by atoms with E-state index < -0.39 is 17.9 Å². The van der Waals surface area contributed by atoms with Gasteiger partial charge in [-0.1, -0.05) is 13.3 Å². The van der Waals surface area contributed by atoms with Crippen LogP contribution in [-0.4, -0.2) is 28.1 Å². The zero-order valence-electron chi connectivity index (χ0n) is 10.0. The topological polar surface area (TPSA) is 113 Å². The van der Waals surface area contributed by atoms with Gasteiger partial charge < -0.3 is 21.3 Å². The second-order valence-corrected chi connectivity index (χ2v) is 3.92. The molecule has 1 aromatic rings. The first-order chi connectivity index (χ1) is 8.45. The van der Waals surface area contributed by atoms with Crippen molar-refractivity contribution >= 4 is 17.6 Å². The van der Waals surface area contributed by atoms with Crippen molar-refractivity contribution < 1.29 is 19.8 Å². The molecule has 0 aromatic heterocycles. The highest BCUT2D eigenvalue weighted by Gasteiger charge is 2.17. The van der Waals surface area contributed by atoms with Crippen LogP contribution in [0.1, 0.15) is 30.1 Å². The van der Waals surface area contributed by atoms with Crippen LogP contribution < -0.4 is 11.1 Å². The monoisotopic (exact) mass is 252 g/mol. The van der Waals surface area contributed by atoms with Crippen LogP contribution in [0.3, 0.4) is 0 Å². The van der Waals surface area contributed by atoms with Crippen molar-refractivity contribution in [1.82, 2.24) is 0 Å². The largest absolute Gasteiger partial charge is 0.508 e. The van der Waals surface area contributed by atoms with E-state index in [0.717, 1.165) is 12.5 Å². The molecule has 0 spiro atoms. The summed E-state index contributed by atoms with van der Waals surface area (Å²) >= 11 is 0. The van der Waals surface area contributed by atoms with Gasteiger partial charge in [0.25, 0.3) is 0 Å². The molecule has 0 bridgehead atoms. The summed E-state index contributed by atoms with van der Waals surface area (Å²) in [5.41, 5.74) is 5.57. The third-order valence-electron chi connectivity index (χ3n) is 2.43. The van der Waals surface area contributed by atoms with E-state index in [-0.39, 0.29) is 17.0 Å². The number of hydrogen-bond donors (Lipinski definition) is 4. The Morgan fingerprint density at radius 2 is 2.11 bits per heavy atom. The van der Waals surface area contributed by atoms with Crippen LogP contribution in [0, 0.1) is 0 Å². The number of anilines is 1. The van der Waals surface area contributed by atoms with Gasteiger partial charge in [0.1, 0.15) is 5.75 Å². The van der Waals surface area contributed by atoms with Crippen molar-refractivity contribution in [3.05, 3.63) is 23.8 Å². The number of benzene rings is 1. The third kappa shape index (κ3) is 3.46. The molecule has 0 saturated carbocycles. The van der Waals surface area contributed by atoms with Gasteiger partial charge in [0.05, 0.1) is 17.3 Å². The van der Waals surface area contributed by atoms with Gasteiger partial charge in [0, 0.05) is 0 Å². The van der Waals surface area contributed by atoms with Gasteiger partial charge in [0.2, 0.25) is 5.91 Å². The number of aromatic hydroxyl groups is 1. The number of nitrogens with one attached hydrogen (secondary N) is 1. The summed E-state index contributed by atoms with van der Waals surface area (Å²) in [6, 6.07) is 3.02. The lowest BCUT2D eigenvalue weighted by molar-refractivity contribution is -0.117. The molecule has 18 heavy (non-hydrogen) atoms. The standard InChI is InChI=1S/C12H16N2O4/c1-2-3-9(13)11(16)14-10-5-4-7(15)6-8(10)12(17)18/h4-6,9,15H,2-3,13H2,1H3,(H,14,16)(H,17,18). The van der Waals surface area contributed by atoms with Crippen LogP contribution in [0.5, 0.6) is 5.75 Å². The number of aromatic carboxylic acids is 1. The van der Waals surface area contributed by atoms with Crippen molar-refractivity contribution in [1.29, 1.82) is 0 Å². The Morgan fingerprint density at radius 1 is 1.44 bits per heavy atom.